The molecule has 4 rings (SSSR count). The van der Waals surface area contributed by atoms with Crippen LogP contribution in [0.3, 0.4) is 0 Å². The lowest BCUT2D eigenvalue weighted by atomic mass is 9.91. The minimum absolute atomic E-state index is 0.0501. The third-order valence-electron chi connectivity index (χ3n) is 5.20. The minimum Gasteiger partial charge on any atom is -0.492 e. The summed E-state index contributed by atoms with van der Waals surface area (Å²) < 4.78 is 16.8. The number of hydrogen-bond donors (Lipinski definition) is 2. The van der Waals surface area contributed by atoms with Crippen molar-refractivity contribution in [2.45, 2.75) is 12.5 Å². The molecule has 150 valence electrons. The van der Waals surface area contributed by atoms with Crippen molar-refractivity contribution in [1.82, 2.24) is 0 Å². The van der Waals surface area contributed by atoms with Crippen molar-refractivity contribution in [3.63, 3.8) is 0 Å². The fraction of sp³-hybridized carbons (Fsp3) is 0.333. The van der Waals surface area contributed by atoms with Gasteiger partial charge in [-0.15, -0.1) is 0 Å². The fourth-order valence-electron chi connectivity index (χ4n) is 3.75. The number of rotatable bonds is 4. The van der Waals surface area contributed by atoms with E-state index < -0.39 is 4.92 Å². The molecule has 2 aliphatic heterocycles. The molecule has 29 heavy (non-hydrogen) atoms. The molecule has 0 amide bonds. The molecule has 8 heteroatoms. The number of methoxy groups -OCH3 is 1. The summed E-state index contributed by atoms with van der Waals surface area (Å²) in [7, 11) is 3.75. The number of quaternary nitrogens is 1. The van der Waals surface area contributed by atoms with Crippen molar-refractivity contribution in [3.05, 3.63) is 51.6 Å². The predicted octanol–water partition coefficient (Wildman–Crippen LogP) is 1.56. The van der Waals surface area contributed by atoms with Gasteiger partial charge >= 0.3 is 0 Å². The highest BCUT2D eigenvalue weighted by molar-refractivity contribution is 5.62. The molecule has 2 aromatic carbocycles. The third-order valence-corrected chi connectivity index (χ3v) is 5.20. The number of ether oxygens (including phenoxy) is 3. The second kappa shape index (κ2) is 7.89. The molecule has 2 atom stereocenters. The monoisotopic (exact) mass is 396 g/mol. The fourth-order valence-corrected chi connectivity index (χ4v) is 3.75. The molecule has 0 aromatic heterocycles. The molecule has 2 aliphatic rings. The van der Waals surface area contributed by atoms with E-state index >= 15 is 0 Å². The van der Waals surface area contributed by atoms with Crippen LogP contribution in [0.4, 0.5) is 11.4 Å². The molecule has 2 heterocycles. The molecular weight excluding hydrogens is 374 g/mol. The van der Waals surface area contributed by atoms with E-state index in [9.17, 15) is 10.1 Å². The van der Waals surface area contributed by atoms with E-state index in [0.717, 1.165) is 24.3 Å². The van der Waals surface area contributed by atoms with Crippen LogP contribution in [-0.4, -0.2) is 39.0 Å². The third kappa shape index (κ3) is 3.65. The Morgan fingerprint density at radius 3 is 3.03 bits per heavy atom. The molecule has 0 radical (unpaired) electrons. The van der Waals surface area contributed by atoms with Gasteiger partial charge in [-0.1, -0.05) is 12.0 Å². The average molecular weight is 396 g/mol. The lowest BCUT2D eigenvalue weighted by molar-refractivity contribution is -0.905. The van der Waals surface area contributed by atoms with Gasteiger partial charge in [0.15, 0.2) is 17.5 Å². The summed E-state index contributed by atoms with van der Waals surface area (Å²) in [6.07, 6.45) is 0.915. The second-order valence-corrected chi connectivity index (χ2v) is 6.98. The normalized spacial score (nSPS) is 19.0. The molecule has 0 fully saturated rings. The lowest BCUT2D eigenvalue weighted by Gasteiger charge is -2.30. The zero-order valence-corrected chi connectivity index (χ0v) is 16.3. The highest BCUT2D eigenvalue weighted by atomic mass is 16.7. The Morgan fingerprint density at radius 1 is 1.38 bits per heavy atom. The topological polar surface area (TPSA) is 87.3 Å². The molecule has 8 nitrogen and oxygen atoms in total. The maximum Gasteiger partial charge on any atom is 0.271 e. The Hall–Kier alpha value is -3.44. The quantitative estimate of drug-likeness (QED) is 0.463. The summed E-state index contributed by atoms with van der Waals surface area (Å²) in [5.41, 5.74) is 2.93. The molecule has 0 spiro atoms. The Bertz CT molecular complexity index is 1010. The largest absolute Gasteiger partial charge is 0.492 e. The van der Waals surface area contributed by atoms with Gasteiger partial charge in [-0.3, -0.25) is 10.1 Å². The SMILES string of the molecule is COc1c2c(cc3c1[C@H](C#CCNc1cccc([N+](=O)[O-])c1)[NH+](C)CC3)OCO2. The Labute approximate surface area is 168 Å². The molecule has 1 unspecified atom stereocenters. The Balaban J connectivity index is 1.56. The van der Waals surface area contributed by atoms with Crippen LogP contribution in [0.15, 0.2) is 30.3 Å². The molecule has 0 aliphatic carbocycles. The van der Waals surface area contributed by atoms with E-state index in [0.29, 0.717) is 23.7 Å². The molecule has 2 aromatic rings. The number of likely N-dealkylation sites (N-methyl/N-ethyl adjacent to an activating group) is 1. The number of nitrogens with zero attached hydrogens (tertiary/aromatic N) is 1. The van der Waals surface area contributed by atoms with Crippen molar-refractivity contribution in [1.29, 1.82) is 0 Å². The standard InChI is InChI=1S/C21H21N3O5/c1-23-10-8-14-11-18-20(29-13-28-18)21(27-2)19(14)17(23)7-4-9-22-15-5-3-6-16(12-15)24(25)26/h3,5-6,11-12,17,22H,8-10,13H2,1-2H3/p+1/t17-/m0/s1. The summed E-state index contributed by atoms with van der Waals surface area (Å²) in [6, 6.07) is 8.36. The van der Waals surface area contributed by atoms with Crippen LogP contribution >= 0.6 is 0 Å². The Kier molecular flexibility index (Phi) is 5.14. The van der Waals surface area contributed by atoms with Gasteiger partial charge in [0.05, 0.1) is 37.7 Å². The average Bonchev–Trinajstić information content (AvgIpc) is 3.19. The number of fused-ring (bicyclic) bond motifs is 2. The number of nitro benzene ring substituents is 1. The van der Waals surface area contributed by atoms with Crippen molar-refractivity contribution in [3.8, 4) is 29.1 Å². The van der Waals surface area contributed by atoms with Crippen LogP contribution in [0.25, 0.3) is 0 Å². The Morgan fingerprint density at radius 2 is 2.24 bits per heavy atom. The number of benzene rings is 2. The molecule has 0 saturated carbocycles. The van der Waals surface area contributed by atoms with Gasteiger partial charge in [-0.25, -0.2) is 0 Å². The second-order valence-electron chi connectivity index (χ2n) is 6.98. The zero-order chi connectivity index (χ0) is 20.4. The van der Waals surface area contributed by atoms with Gasteiger partial charge in [0, 0.05) is 24.2 Å². The first-order valence-corrected chi connectivity index (χ1v) is 9.37. The summed E-state index contributed by atoms with van der Waals surface area (Å²) in [5, 5.41) is 14.0. The smallest absolute Gasteiger partial charge is 0.271 e. The first-order chi connectivity index (χ1) is 14.1. The number of anilines is 1. The van der Waals surface area contributed by atoms with Crippen LogP contribution in [0.1, 0.15) is 17.2 Å². The van der Waals surface area contributed by atoms with Gasteiger partial charge in [-0.2, -0.15) is 0 Å². The van der Waals surface area contributed by atoms with Crippen molar-refractivity contribution < 1.29 is 24.0 Å². The molecule has 0 bridgehead atoms. The highest BCUT2D eigenvalue weighted by Crippen LogP contribution is 2.47. The molecule has 2 N–H and O–H groups in total. The lowest BCUT2D eigenvalue weighted by Crippen LogP contribution is -3.10. The van der Waals surface area contributed by atoms with Crippen LogP contribution in [0.5, 0.6) is 17.2 Å². The van der Waals surface area contributed by atoms with Gasteiger partial charge in [0.25, 0.3) is 5.69 Å². The van der Waals surface area contributed by atoms with Crippen LogP contribution in [-0.2, 0) is 6.42 Å². The highest BCUT2D eigenvalue weighted by Gasteiger charge is 2.35. The maximum atomic E-state index is 10.9. The first-order valence-electron chi connectivity index (χ1n) is 9.37. The molecular formula is C21H22N3O5+. The summed E-state index contributed by atoms with van der Waals surface area (Å²) in [5.74, 6) is 8.56. The van der Waals surface area contributed by atoms with Crippen LogP contribution in [0.2, 0.25) is 0 Å². The van der Waals surface area contributed by atoms with E-state index in [4.69, 9.17) is 14.2 Å². The van der Waals surface area contributed by atoms with E-state index in [1.54, 1.807) is 19.2 Å². The van der Waals surface area contributed by atoms with Crippen LogP contribution < -0.4 is 24.4 Å². The number of nitro groups is 1. The van der Waals surface area contributed by atoms with Gasteiger partial charge in [0.1, 0.15) is 0 Å². The van der Waals surface area contributed by atoms with Crippen LogP contribution in [0, 0.1) is 22.0 Å². The maximum absolute atomic E-state index is 10.9. The van der Waals surface area contributed by atoms with Crippen molar-refractivity contribution in [2.24, 2.45) is 0 Å². The predicted molar refractivity (Wildman–Crippen MR) is 107 cm³/mol. The summed E-state index contributed by atoms with van der Waals surface area (Å²) in [6.45, 7) is 1.53. The number of non-ortho nitro benzene ring substituents is 1. The first kappa shape index (κ1) is 18.9. The molecule has 0 saturated heterocycles. The van der Waals surface area contributed by atoms with E-state index in [-0.39, 0.29) is 18.5 Å². The van der Waals surface area contributed by atoms with E-state index in [2.05, 4.69) is 24.2 Å². The number of nitrogens with one attached hydrogen (secondary N) is 2. The van der Waals surface area contributed by atoms with Crippen molar-refractivity contribution in [2.75, 3.05) is 39.4 Å². The van der Waals surface area contributed by atoms with Crippen molar-refractivity contribution >= 4 is 11.4 Å². The minimum atomic E-state index is -0.412. The summed E-state index contributed by atoms with van der Waals surface area (Å²) in [4.78, 5) is 11.8. The van der Waals surface area contributed by atoms with E-state index in [1.807, 2.05) is 6.07 Å². The van der Waals surface area contributed by atoms with E-state index in [1.165, 1.54) is 22.6 Å². The summed E-state index contributed by atoms with van der Waals surface area (Å²) >= 11 is 0. The van der Waals surface area contributed by atoms with Gasteiger partial charge < -0.3 is 24.4 Å². The van der Waals surface area contributed by atoms with Gasteiger partial charge in [0.2, 0.25) is 12.5 Å². The zero-order valence-electron chi connectivity index (χ0n) is 16.3. The van der Waals surface area contributed by atoms with Gasteiger partial charge in [-0.05, 0) is 23.6 Å². The number of hydrogen-bond acceptors (Lipinski definition) is 6.